The Labute approximate surface area is 180 Å². The van der Waals surface area contributed by atoms with E-state index in [0.29, 0.717) is 0 Å². The van der Waals surface area contributed by atoms with Gasteiger partial charge in [-0.05, 0) is 39.8 Å². The van der Waals surface area contributed by atoms with Crippen molar-refractivity contribution in [2.75, 3.05) is 7.11 Å². The number of halogens is 1. The number of thiophene rings is 2. The molecule has 0 aliphatic heterocycles. The van der Waals surface area contributed by atoms with Crippen LogP contribution in [0.3, 0.4) is 0 Å². The molecular weight excluding hydrogens is 433 g/mol. The Morgan fingerprint density at radius 1 is 0.692 bits per heavy atom. The van der Waals surface area contributed by atoms with Gasteiger partial charge in [0.2, 0.25) is 0 Å². The summed E-state index contributed by atoms with van der Waals surface area (Å²) in [6.45, 7) is 0. The normalized spacial score (nSPS) is 9.88. The van der Waals surface area contributed by atoms with Gasteiger partial charge >= 0.3 is 19.5 Å². The molecule has 0 fully saturated rings. The van der Waals surface area contributed by atoms with Gasteiger partial charge in [0.05, 0.1) is 7.11 Å². The van der Waals surface area contributed by atoms with Crippen molar-refractivity contribution in [2.45, 2.75) is 0 Å². The SMILES string of the molecule is COc1ccc(-c2ccc(-c3ccc(-c4cc[c-]s4)s3)cc2)cc1.[Cl-].[Zn+2]. The summed E-state index contributed by atoms with van der Waals surface area (Å²) in [6, 6.07) is 25.4. The summed E-state index contributed by atoms with van der Waals surface area (Å²) in [5.74, 6) is 0.882. The molecule has 2 aromatic heterocycles. The van der Waals surface area contributed by atoms with Crippen molar-refractivity contribution in [2.24, 2.45) is 0 Å². The van der Waals surface area contributed by atoms with Crippen LogP contribution < -0.4 is 17.1 Å². The van der Waals surface area contributed by atoms with Gasteiger partial charge in [0, 0.05) is 4.88 Å². The van der Waals surface area contributed by atoms with E-state index in [1.165, 1.54) is 31.3 Å². The Balaban J connectivity index is 0.00000121. The Morgan fingerprint density at radius 3 is 1.85 bits per heavy atom. The van der Waals surface area contributed by atoms with Gasteiger partial charge in [0.15, 0.2) is 0 Å². The predicted molar refractivity (Wildman–Crippen MR) is 104 cm³/mol. The van der Waals surface area contributed by atoms with E-state index in [4.69, 9.17) is 4.74 Å². The molecule has 0 spiro atoms. The minimum Gasteiger partial charge on any atom is -1.00 e. The molecule has 5 heteroatoms. The standard InChI is InChI=1S/C21H15OS2.ClH.Zn/c1-22-18-10-8-16(9-11-18)15-4-6-17(7-5-15)19-12-13-21(24-19)20-3-2-14-23-20;;/h2-13H,1H3;1H;/q-1;;+2/p-1. The molecular formula is C21H15ClOS2Zn. The van der Waals surface area contributed by atoms with Crippen LogP contribution in [0.1, 0.15) is 0 Å². The van der Waals surface area contributed by atoms with Crippen molar-refractivity contribution >= 4 is 22.7 Å². The summed E-state index contributed by atoms with van der Waals surface area (Å²) >= 11 is 3.49. The number of methoxy groups -OCH3 is 1. The average molecular weight is 448 g/mol. The summed E-state index contributed by atoms with van der Waals surface area (Å²) in [7, 11) is 1.69. The molecule has 4 aromatic rings. The molecule has 2 heterocycles. The van der Waals surface area contributed by atoms with Crippen LogP contribution in [0.5, 0.6) is 5.75 Å². The maximum absolute atomic E-state index is 5.21. The molecule has 0 unspecified atom stereocenters. The van der Waals surface area contributed by atoms with E-state index in [0.717, 1.165) is 5.75 Å². The summed E-state index contributed by atoms with van der Waals surface area (Å²) < 4.78 is 5.21. The summed E-state index contributed by atoms with van der Waals surface area (Å²) in [5, 5.41) is 3.15. The second-order valence-electron chi connectivity index (χ2n) is 5.39. The molecule has 0 aliphatic carbocycles. The number of hydrogen-bond donors (Lipinski definition) is 0. The van der Waals surface area contributed by atoms with Crippen LogP contribution in [0.25, 0.3) is 31.3 Å². The molecule has 0 aliphatic rings. The quantitative estimate of drug-likeness (QED) is 0.343. The van der Waals surface area contributed by atoms with Gasteiger partial charge in [-0.25, -0.2) is 0 Å². The molecule has 26 heavy (non-hydrogen) atoms. The van der Waals surface area contributed by atoms with Crippen LogP contribution in [-0.4, -0.2) is 7.11 Å². The average Bonchev–Trinajstić information content (AvgIpc) is 3.33. The van der Waals surface area contributed by atoms with Crippen LogP contribution >= 0.6 is 22.7 Å². The first kappa shape index (κ1) is 20.9. The Bertz CT molecular complexity index is 929. The third kappa shape index (κ3) is 4.44. The van der Waals surface area contributed by atoms with Gasteiger partial charge in [-0.2, -0.15) is 12.1 Å². The summed E-state index contributed by atoms with van der Waals surface area (Å²) in [4.78, 5) is 3.87. The Hall–Kier alpha value is -1.45. The third-order valence-corrected chi connectivity index (χ3v) is 6.04. The molecule has 0 radical (unpaired) electrons. The van der Waals surface area contributed by atoms with Gasteiger partial charge in [0.25, 0.3) is 0 Å². The molecule has 0 amide bonds. The van der Waals surface area contributed by atoms with Crippen molar-refractivity contribution in [3.05, 3.63) is 78.2 Å². The fourth-order valence-corrected chi connectivity index (χ4v) is 4.36. The zero-order chi connectivity index (χ0) is 16.4. The van der Waals surface area contributed by atoms with Crippen molar-refractivity contribution in [1.29, 1.82) is 0 Å². The third-order valence-electron chi connectivity index (χ3n) is 3.91. The monoisotopic (exact) mass is 446 g/mol. The second kappa shape index (κ2) is 9.48. The van der Waals surface area contributed by atoms with Crippen molar-refractivity contribution < 1.29 is 36.6 Å². The number of ether oxygens (including phenoxy) is 1. The molecule has 126 valence electrons. The first-order valence-corrected chi connectivity index (χ1v) is 9.28. The molecule has 2 aromatic carbocycles. The molecule has 4 rings (SSSR count). The van der Waals surface area contributed by atoms with E-state index < -0.39 is 0 Å². The minimum absolute atomic E-state index is 0. The topological polar surface area (TPSA) is 9.23 Å². The van der Waals surface area contributed by atoms with Crippen molar-refractivity contribution in [3.63, 3.8) is 0 Å². The number of hydrogen-bond acceptors (Lipinski definition) is 3. The van der Waals surface area contributed by atoms with Crippen molar-refractivity contribution in [1.82, 2.24) is 0 Å². The largest absolute Gasteiger partial charge is 2.00 e. The maximum Gasteiger partial charge on any atom is 2.00 e. The molecule has 1 nitrogen and oxygen atoms in total. The van der Waals surface area contributed by atoms with Crippen LogP contribution in [0.2, 0.25) is 0 Å². The smallest absolute Gasteiger partial charge is 1.00 e. The maximum atomic E-state index is 5.21. The van der Waals surface area contributed by atoms with E-state index in [1.54, 1.807) is 18.4 Å². The van der Waals surface area contributed by atoms with Crippen LogP contribution in [0, 0.1) is 5.38 Å². The van der Waals surface area contributed by atoms with Gasteiger partial charge in [-0.15, -0.1) is 21.6 Å². The van der Waals surface area contributed by atoms with E-state index in [1.807, 2.05) is 29.5 Å². The van der Waals surface area contributed by atoms with E-state index in [9.17, 15) is 0 Å². The van der Waals surface area contributed by atoms with E-state index in [2.05, 4.69) is 60.0 Å². The number of rotatable bonds is 4. The Morgan fingerprint density at radius 2 is 1.27 bits per heavy atom. The zero-order valence-electron chi connectivity index (χ0n) is 14.2. The van der Waals surface area contributed by atoms with Crippen LogP contribution in [0.15, 0.2) is 72.8 Å². The predicted octanol–water partition coefficient (Wildman–Crippen LogP) is 3.62. The van der Waals surface area contributed by atoms with Gasteiger partial charge < -0.3 is 17.1 Å². The van der Waals surface area contributed by atoms with Gasteiger partial charge in [-0.3, -0.25) is 11.3 Å². The first-order valence-electron chi connectivity index (χ1n) is 7.64. The van der Waals surface area contributed by atoms with E-state index >= 15 is 0 Å². The molecule has 0 saturated heterocycles. The molecule has 0 N–H and O–H groups in total. The van der Waals surface area contributed by atoms with Gasteiger partial charge in [-0.1, -0.05) is 42.5 Å². The molecule has 0 atom stereocenters. The van der Waals surface area contributed by atoms with Crippen LogP contribution in [0.4, 0.5) is 0 Å². The minimum atomic E-state index is 0. The molecule has 0 bridgehead atoms. The van der Waals surface area contributed by atoms with Gasteiger partial charge in [0.1, 0.15) is 5.75 Å². The van der Waals surface area contributed by atoms with Crippen LogP contribution in [-0.2, 0) is 19.5 Å². The summed E-state index contributed by atoms with van der Waals surface area (Å²) in [5.41, 5.74) is 3.67. The Kier molecular flexibility index (Phi) is 7.60. The number of benzene rings is 2. The zero-order valence-corrected chi connectivity index (χ0v) is 19.6. The fraction of sp³-hybridized carbons (Fsp3) is 0.0476. The second-order valence-corrected chi connectivity index (χ2v) is 7.35. The summed E-state index contributed by atoms with van der Waals surface area (Å²) in [6.07, 6.45) is 0. The van der Waals surface area contributed by atoms with E-state index in [-0.39, 0.29) is 31.9 Å². The first-order chi connectivity index (χ1) is 11.8. The fourth-order valence-electron chi connectivity index (χ4n) is 2.61. The van der Waals surface area contributed by atoms with Crippen molar-refractivity contribution in [3.8, 4) is 37.1 Å². The molecule has 0 saturated carbocycles.